The summed E-state index contributed by atoms with van der Waals surface area (Å²) in [5.41, 5.74) is -0.462. The molecule has 3 aromatic carbocycles. The van der Waals surface area contributed by atoms with Crippen LogP contribution in [0, 0.1) is 5.82 Å². The summed E-state index contributed by atoms with van der Waals surface area (Å²) < 4.78 is 55.4. The van der Waals surface area contributed by atoms with Crippen molar-refractivity contribution < 1.29 is 31.9 Å². The molecule has 0 aliphatic carbocycles. The number of nitrogens with one attached hydrogen (secondary N) is 2. The van der Waals surface area contributed by atoms with Crippen LogP contribution in [0.3, 0.4) is 0 Å². The van der Waals surface area contributed by atoms with Gasteiger partial charge < -0.3 is 15.5 Å². The van der Waals surface area contributed by atoms with E-state index in [9.17, 15) is 31.9 Å². The van der Waals surface area contributed by atoms with Gasteiger partial charge in [-0.15, -0.1) is 6.58 Å². The normalized spacial score (nSPS) is 17.7. The lowest BCUT2D eigenvalue weighted by atomic mass is 9.91. The van der Waals surface area contributed by atoms with E-state index in [1.807, 2.05) is 0 Å². The van der Waals surface area contributed by atoms with E-state index in [1.54, 1.807) is 30.3 Å². The standard InChI is InChI=1S/C30H24F4N4O3/c1-2-16-37-23-17-38(26(18-8-4-3-5-9-18)27(39)35-20-14-12-19(31)13-15-20)28(40)24(23)25(36-29(37)41)21-10-6-7-11-22(21)30(32,33)34/h2-15,25-26H,1,16-17H2,(H,35,39)(H,36,41)/t25-,26+/m1/s1. The van der Waals surface area contributed by atoms with Crippen molar-refractivity contribution in [2.45, 2.75) is 18.3 Å². The van der Waals surface area contributed by atoms with Crippen molar-refractivity contribution in [3.8, 4) is 0 Å². The summed E-state index contributed by atoms with van der Waals surface area (Å²) in [6, 6.07) is 14.8. The Balaban J connectivity index is 1.59. The zero-order chi connectivity index (χ0) is 29.3. The van der Waals surface area contributed by atoms with Gasteiger partial charge in [0.05, 0.1) is 29.4 Å². The van der Waals surface area contributed by atoms with Crippen LogP contribution in [0.15, 0.2) is 103 Å². The third-order valence-corrected chi connectivity index (χ3v) is 6.93. The number of amides is 4. The fourth-order valence-electron chi connectivity index (χ4n) is 5.14. The summed E-state index contributed by atoms with van der Waals surface area (Å²) in [7, 11) is 0. The molecule has 0 fully saturated rings. The number of alkyl halides is 3. The van der Waals surface area contributed by atoms with E-state index >= 15 is 0 Å². The van der Waals surface area contributed by atoms with Gasteiger partial charge in [0.2, 0.25) is 0 Å². The molecular weight excluding hydrogens is 540 g/mol. The molecule has 2 aliphatic rings. The molecule has 0 unspecified atom stereocenters. The van der Waals surface area contributed by atoms with Crippen molar-refractivity contribution in [3.63, 3.8) is 0 Å². The van der Waals surface area contributed by atoms with E-state index in [-0.39, 0.29) is 35.6 Å². The maximum Gasteiger partial charge on any atom is 0.416 e. The lowest BCUT2D eigenvalue weighted by Gasteiger charge is -2.33. The first-order chi connectivity index (χ1) is 19.6. The van der Waals surface area contributed by atoms with Crippen LogP contribution in [0.2, 0.25) is 0 Å². The Morgan fingerprint density at radius 3 is 2.34 bits per heavy atom. The topological polar surface area (TPSA) is 81.8 Å². The number of hydrogen-bond acceptors (Lipinski definition) is 3. The highest BCUT2D eigenvalue weighted by Gasteiger charge is 2.49. The number of benzene rings is 3. The summed E-state index contributed by atoms with van der Waals surface area (Å²) in [4.78, 5) is 43.4. The fraction of sp³-hybridized carbons (Fsp3) is 0.167. The molecule has 0 aromatic heterocycles. The second-order valence-corrected chi connectivity index (χ2v) is 9.47. The van der Waals surface area contributed by atoms with Gasteiger partial charge in [-0.25, -0.2) is 9.18 Å². The molecule has 4 amide bonds. The minimum absolute atomic E-state index is 0.0167. The Hall–Kier alpha value is -4.93. The van der Waals surface area contributed by atoms with Gasteiger partial charge in [-0.1, -0.05) is 54.6 Å². The van der Waals surface area contributed by atoms with Crippen molar-refractivity contribution in [2.75, 3.05) is 18.4 Å². The van der Waals surface area contributed by atoms with Crippen molar-refractivity contribution in [2.24, 2.45) is 0 Å². The summed E-state index contributed by atoms with van der Waals surface area (Å²) in [6.45, 7) is 3.40. The second kappa shape index (κ2) is 10.9. The summed E-state index contributed by atoms with van der Waals surface area (Å²) in [5, 5.41) is 5.24. The van der Waals surface area contributed by atoms with Crippen LogP contribution in [0.1, 0.15) is 28.8 Å². The number of hydrogen-bond donors (Lipinski definition) is 2. The van der Waals surface area contributed by atoms with Crippen LogP contribution >= 0.6 is 0 Å². The van der Waals surface area contributed by atoms with Crippen molar-refractivity contribution in [1.82, 2.24) is 15.1 Å². The van der Waals surface area contributed by atoms with Crippen LogP contribution < -0.4 is 10.6 Å². The highest BCUT2D eigenvalue weighted by atomic mass is 19.4. The molecule has 2 aliphatic heterocycles. The van der Waals surface area contributed by atoms with Crippen molar-refractivity contribution in [1.29, 1.82) is 0 Å². The molecule has 2 N–H and O–H groups in total. The number of anilines is 1. The third kappa shape index (κ3) is 5.30. The zero-order valence-corrected chi connectivity index (χ0v) is 21.5. The maximum absolute atomic E-state index is 14.1. The van der Waals surface area contributed by atoms with Gasteiger partial charge in [0, 0.05) is 12.2 Å². The number of nitrogens with zero attached hydrogens (tertiary/aromatic N) is 2. The summed E-state index contributed by atoms with van der Waals surface area (Å²) >= 11 is 0. The van der Waals surface area contributed by atoms with Gasteiger partial charge >= 0.3 is 12.2 Å². The van der Waals surface area contributed by atoms with E-state index in [0.29, 0.717) is 5.56 Å². The Kier molecular flexibility index (Phi) is 7.36. The molecule has 2 heterocycles. The first-order valence-electron chi connectivity index (χ1n) is 12.6. The lowest BCUT2D eigenvalue weighted by Crippen LogP contribution is -2.47. The van der Waals surface area contributed by atoms with Gasteiger partial charge in [0.15, 0.2) is 0 Å². The van der Waals surface area contributed by atoms with Crippen LogP contribution in [0.4, 0.5) is 28.0 Å². The highest BCUT2D eigenvalue weighted by molar-refractivity contribution is 6.05. The quantitative estimate of drug-likeness (QED) is 0.291. The molecular formula is C30H24F4N4O3. The molecule has 0 saturated carbocycles. The molecule has 0 bridgehead atoms. The van der Waals surface area contributed by atoms with Crippen molar-refractivity contribution in [3.05, 3.63) is 125 Å². The summed E-state index contributed by atoms with van der Waals surface area (Å²) in [6.07, 6.45) is -3.32. The van der Waals surface area contributed by atoms with Gasteiger partial charge in [-0.2, -0.15) is 13.2 Å². The largest absolute Gasteiger partial charge is 0.416 e. The minimum atomic E-state index is -4.75. The maximum atomic E-state index is 14.1. The SMILES string of the molecule is C=CCN1C(=O)N[C@H](c2ccccc2C(F)(F)F)C2=C1CN([C@H](C(=O)Nc1ccc(F)cc1)c1ccccc1)C2=O. The van der Waals surface area contributed by atoms with E-state index in [1.165, 1.54) is 58.3 Å². The molecule has 0 radical (unpaired) electrons. The number of carbonyl (C=O) groups is 3. The average Bonchev–Trinajstić information content (AvgIpc) is 3.28. The second-order valence-electron chi connectivity index (χ2n) is 9.47. The van der Waals surface area contributed by atoms with Crippen molar-refractivity contribution >= 4 is 23.5 Å². The Bertz CT molecular complexity index is 1540. The number of rotatable bonds is 7. The third-order valence-electron chi connectivity index (χ3n) is 6.93. The highest BCUT2D eigenvalue weighted by Crippen LogP contribution is 2.43. The molecule has 3 aromatic rings. The zero-order valence-electron chi connectivity index (χ0n) is 21.5. The first-order valence-corrected chi connectivity index (χ1v) is 12.6. The van der Waals surface area contributed by atoms with Crippen LogP contribution in [-0.2, 0) is 15.8 Å². The number of urea groups is 1. The van der Waals surface area contributed by atoms with E-state index in [4.69, 9.17) is 0 Å². The van der Waals surface area contributed by atoms with Gasteiger partial charge in [0.1, 0.15) is 11.9 Å². The lowest BCUT2D eigenvalue weighted by molar-refractivity contribution is -0.138. The van der Waals surface area contributed by atoms with Crippen LogP contribution in [-0.4, -0.2) is 40.7 Å². The molecule has 7 nitrogen and oxygen atoms in total. The predicted octanol–water partition coefficient (Wildman–Crippen LogP) is 5.57. The molecule has 2 atom stereocenters. The molecule has 5 rings (SSSR count). The Morgan fingerprint density at radius 2 is 1.68 bits per heavy atom. The van der Waals surface area contributed by atoms with E-state index in [0.717, 1.165) is 6.07 Å². The molecule has 0 spiro atoms. The Morgan fingerprint density at radius 1 is 1.02 bits per heavy atom. The fourth-order valence-corrected chi connectivity index (χ4v) is 5.14. The van der Waals surface area contributed by atoms with Gasteiger partial charge in [-0.05, 0) is 41.5 Å². The smallest absolute Gasteiger partial charge is 0.326 e. The Labute approximate surface area is 232 Å². The van der Waals surface area contributed by atoms with E-state index < -0.39 is 47.5 Å². The molecule has 0 saturated heterocycles. The van der Waals surface area contributed by atoms with Crippen LogP contribution in [0.25, 0.3) is 0 Å². The van der Waals surface area contributed by atoms with Gasteiger partial charge in [0.25, 0.3) is 11.8 Å². The van der Waals surface area contributed by atoms with Crippen LogP contribution in [0.5, 0.6) is 0 Å². The van der Waals surface area contributed by atoms with Gasteiger partial charge in [-0.3, -0.25) is 14.5 Å². The molecule has 41 heavy (non-hydrogen) atoms. The number of halogens is 4. The first kappa shape index (κ1) is 27.6. The minimum Gasteiger partial charge on any atom is -0.326 e. The molecule has 11 heteroatoms. The van der Waals surface area contributed by atoms with E-state index in [2.05, 4.69) is 17.2 Å². The number of carbonyl (C=O) groups excluding carboxylic acids is 3. The monoisotopic (exact) mass is 564 g/mol. The predicted molar refractivity (Wildman–Crippen MR) is 143 cm³/mol. The average molecular weight is 565 g/mol. The summed E-state index contributed by atoms with van der Waals surface area (Å²) in [5.74, 6) is -1.84. The molecule has 210 valence electrons.